The van der Waals surface area contributed by atoms with Crippen molar-refractivity contribution < 1.29 is 0 Å². The lowest BCUT2D eigenvalue weighted by molar-refractivity contribution is 0.255. The molecule has 0 unspecified atom stereocenters. The first-order chi connectivity index (χ1) is 7.58. The van der Waals surface area contributed by atoms with Crippen LogP contribution in [0.4, 0.5) is 0 Å². The molecule has 0 amide bonds. The lowest BCUT2D eigenvalue weighted by atomic mass is 9.86. The Balaban J connectivity index is 1.88. The standard InChI is InChI=1S/C14H23NS/c1-11-8-9-13(16-11)10-15-14(2,3)12-6-4-5-7-12/h8-9,12,15H,4-7,10H2,1-3H3. The lowest BCUT2D eigenvalue weighted by Gasteiger charge is -2.33. The van der Waals surface area contributed by atoms with E-state index < -0.39 is 0 Å². The van der Waals surface area contributed by atoms with Gasteiger partial charge in [0.2, 0.25) is 0 Å². The molecule has 2 rings (SSSR count). The van der Waals surface area contributed by atoms with E-state index in [2.05, 4.69) is 38.2 Å². The van der Waals surface area contributed by atoms with E-state index in [1.165, 1.54) is 35.4 Å². The van der Waals surface area contributed by atoms with Crippen LogP contribution in [0.15, 0.2) is 12.1 Å². The quantitative estimate of drug-likeness (QED) is 0.831. The molecule has 0 spiro atoms. The van der Waals surface area contributed by atoms with Crippen LogP contribution in [0, 0.1) is 12.8 Å². The van der Waals surface area contributed by atoms with Crippen molar-refractivity contribution in [2.45, 2.75) is 58.5 Å². The topological polar surface area (TPSA) is 12.0 Å². The van der Waals surface area contributed by atoms with E-state index in [4.69, 9.17) is 0 Å². The first-order valence-corrected chi connectivity index (χ1v) is 7.20. The minimum absolute atomic E-state index is 0.300. The summed E-state index contributed by atoms with van der Waals surface area (Å²) in [6.45, 7) is 7.94. The van der Waals surface area contributed by atoms with Crippen molar-refractivity contribution in [1.82, 2.24) is 5.32 Å². The third-order valence-corrected chi connectivity index (χ3v) is 4.89. The SMILES string of the molecule is Cc1ccc(CNC(C)(C)C2CCCC2)s1. The van der Waals surface area contributed by atoms with Crippen LogP contribution < -0.4 is 5.32 Å². The second-order valence-corrected chi connectivity index (χ2v) is 6.94. The number of nitrogens with one attached hydrogen (secondary N) is 1. The largest absolute Gasteiger partial charge is 0.307 e. The summed E-state index contributed by atoms with van der Waals surface area (Å²) in [5, 5.41) is 3.74. The van der Waals surface area contributed by atoms with Gasteiger partial charge in [-0.2, -0.15) is 0 Å². The van der Waals surface area contributed by atoms with Crippen LogP contribution in [-0.2, 0) is 6.54 Å². The number of rotatable bonds is 4. The second-order valence-electron chi connectivity index (χ2n) is 5.57. The molecule has 1 fully saturated rings. The molecule has 16 heavy (non-hydrogen) atoms. The molecule has 1 saturated carbocycles. The summed E-state index contributed by atoms with van der Waals surface area (Å²) in [4.78, 5) is 2.87. The maximum Gasteiger partial charge on any atom is 0.0304 e. The molecule has 0 aliphatic heterocycles. The van der Waals surface area contributed by atoms with E-state index in [-0.39, 0.29) is 0 Å². The summed E-state index contributed by atoms with van der Waals surface area (Å²) in [5.41, 5.74) is 0.300. The molecule has 0 atom stereocenters. The van der Waals surface area contributed by atoms with E-state index in [1.807, 2.05) is 11.3 Å². The Bertz CT molecular complexity index is 334. The molecular formula is C14H23NS. The third-order valence-electron chi connectivity index (χ3n) is 3.89. The maximum absolute atomic E-state index is 3.74. The molecule has 1 N–H and O–H groups in total. The van der Waals surface area contributed by atoms with Gasteiger partial charge in [0.15, 0.2) is 0 Å². The highest BCUT2D eigenvalue weighted by molar-refractivity contribution is 7.11. The van der Waals surface area contributed by atoms with Gasteiger partial charge in [-0.3, -0.25) is 0 Å². The maximum atomic E-state index is 3.74. The minimum Gasteiger partial charge on any atom is -0.307 e. The minimum atomic E-state index is 0.300. The van der Waals surface area contributed by atoms with Crippen molar-refractivity contribution in [3.05, 3.63) is 21.9 Å². The number of aryl methyl sites for hydroxylation is 1. The average molecular weight is 237 g/mol. The van der Waals surface area contributed by atoms with E-state index in [9.17, 15) is 0 Å². The fourth-order valence-corrected chi connectivity index (χ4v) is 3.52. The van der Waals surface area contributed by atoms with E-state index in [1.54, 1.807) is 0 Å². The zero-order valence-corrected chi connectivity index (χ0v) is 11.5. The van der Waals surface area contributed by atoms with Gasteiger partial charge in [0, 0.05) is 21.8 Å². The summed E-state index contributed by atoms with van der Waals surface area (Å²) in [6.07, 6.45) is 5.66. The molecule has 1 aromatic heterocycles. The molecule has 1 aliphatic carbocycles. The first kappa shape index (κ1) is 12.1. The molecule has 1 heterocycles. The number of hydrogen-bond acceptors (Lipinski definition) is 2. The molecule has 0 saturated heterocycles. The zero-order valence-electron chi connectivity index (χ0n) is 10.7. The Morgan fingerprint density at radius 2 is 2.00 bits per heavy atom. The molecular weight excluding hydrogens is 214 g/mol. The highest BCUT2D eigenvalue weighted by Gasteiger charge is 2.31. The van der Waals surface area contributed by atoms with E-state index in [0.29, 0.717) is 5.54 Å². The van der Waals surface area contributed by atoms with Crippen molar-refractivity contribution in [3.8, 4) is 0 Å². The number of hydrogen-bond donors (Lipinski definition) is 1. The normalized spacial score (nSPS) is 18.2. The predicted octanol–water partition coefficient (Wildman–Crippen LogP) is 4.11. The predicted molar refractivity (Wildman–Crippen MR) is 71.9 cm³/mol. The van der Waals surface area contributed by atoms with Gasteiger partial charge in [-0.05, 0) is 51.7 Å². The summed E-state index contributed by atoms with van der Waals surface area (Å²) < 4.78 is 0. The molecule has 2 heteroatoms. The summed E-state index contributed by atoms with van der Waals surface area (Å²) >= 11 is 1.91. The monoisotopic (exact) mass is 237 g/mol. The van der Waals surface area contributed by atoms with Gasteiger partial charge >= 0.3 is 0 Å². The van der Waals surface area contributed by atoms with Gasteiger partial charge in [-0.25, -0.2) is 0 Å². The van der Waals surface area contributed by atoms with Gasteiger partial charge in [-0.1, -0.05) is 12.8 Å². The summed E-state index contributed by atoms with van der Waals surface area (Å²) in [6, 6.07) is 4.46. The molecule has 0 aromatic carbocycles. The van der Waals surface area contributed by atoms with Crippen molar-refractivity contribution in [2.75, 3.05) is 0 Å². The van der Waals surface area contributed by atoms with Gasteiger partial charge in [-0.15, -0.1) is 11.3 Å². The first-order valence-electron chi connectivity index (χ1n) is 6.38. The van der Waals surface area contributed by atoms with Gasteiger partial charge in [0.05, 0.1) is 0 Å². The Hall–Kier alpha value is -0.340. The van der Waals surface area contributed by atoms with Crippen LogP contribution in [0.1, 0.15) is 49.3 Å². The smallest absolute Gasteiger partial charge is 0.0304 e. The Kier molecular flexibility index (Phi) is 3.70. The summed E-state index contributed by atoms with van der Waals surface area (Å²) in [7, 11) is 0. The number of thiophene rings is 1. The molecule has 1 aromatic rings. The average Bonchev–Trinajstić information content (AvgIpc) is 2.85. The molecule has 0 bridgehead atoms. The van der Waals surface area contributed by atoms with Crippen LogP contribution in [0.25, 0.3) is 0 Å². The van der Waals surface area contributed by atoms with Gasteiger partial charge in [0.1, 0.15) is 0 Å². The molecule has 90 valence electrons. The molecule has 0 radical (unpaired) electrons. The van der Waals surface area contributed by atoms with Crippen molar-refractivity contribution in [3.63, 3.8) is 0 Å². The van der Waals surface area contributed by atoms with Crippen molar-refractivity contribution in [2.24, 2.45) is 5.92 Å². The van der Waals surface area contributed by atoms with Gasteiger partial charge in [0.25, 0.3) is 0 Å². The van der Waals surface area contributed by atoms with Crippen LogP contribution >= 0.6 is 11.3 Å². The highest BCUT2D eigenvalue weighted by atomic mass is 32.1. The van der Waals surface area contributed by atoms with E-state index >= 15 is 0 Å². The molecule has 1 aliphatic rings. The van der Waals surface area contributed by atoms with Crippen LogP contribution in [-0.4, -0.2) is 5.54 Å². The van der Waals surface area contributed by atoms with Crippen LogP contribution in [0.2, 0.25) is 0 Å². The Morgan fingerprint density at radius 3 is 2.56 bits per heavy atom. The fraction of sp³-hybridized carbons (Fsp3) is 0.714. The third kappa shape index (κ3) is 2.86. The molecule has 1 nitrogen and oxygen atoms in total. The zero-order chi connectivity index (χ0) is 11.6. The fourth-order valence-electron chi connectivity index (χ4n) is 2.69. The van der Waals surface area contributed by atoms with Crippen LogP contribution in [0.3, 0.4) is 0 Å². The summed E-state index contributed by atoms with van der Waals surface area (Å²) in [5.74, 6) is 0.869. The Morgan fingerprint density at radius 1 is 1.31 bits per heavy atom. The highest BCUT2D eigenvalue weighted by Crippen LogP contribution is 2.34. The van der Waals surface area contributed by atoms with Crippen molar-refractivity contribution in [1.29, 1.82) is 0 Å². The van der Waals surface area contributed by atoms with Gasteiger partial charge < -0.3 is 5.32 Å². The Labute approximate surface area is 103 Å². The van der Waals surface area contributed by atoms with Crippen molar-refractivity contribution >= 4 is 11.3 Å². The van der Waals surface area contributed by atoms with Crippen LogP contribution in [0.5, 0.6) is 0 Å². The second kappa shape index (κ2) is 4.89. The van der Waals surface area contributed by atoms with E-state index in [0.717, 1.165) is 12.5 Å². The lowest BCUT2D eigenvalue weighted by Crippen LogP contribution is -2.44.